The third-order valence-electron chi connectivity index (χ3n) is 13.2. The first-order chi connectivity index (χ1) is 37.0. The molecule has 6 heteroatoms. The molecule has 428 valence electrons. The largest absolute Gasteiger partial charge is 0.462 e. The molecule has 0 amide bonds. The summed E-state index contributed by atoms with van der Waals surface area (Å²) in [5.74, 6) is -1.00. The minimum atomic E-state index is -0.818. The van der Waals surface area contributed by atoms with E-state index in [-0.39, 0.29) is 37.5 Å². The molecule has 6 nitrogen and oxygen atoms in total. The lowest BCUT2D eigenvalue weighted by molar-refractivity contribution is -0.166. The minimum absolute atomic E-state index is 0.107. The predicted octanol–water partition coefficient (Wildman–Crippen LogP) is 21.4. The van der Waals surface area contributed by atoms with Gasteiger partial charge < -0.3 is 14.2 Å². The summed E-state index contributed by atoms with van der Waals surface area (Å²) in [5.41, 5.74) is 0. The molecule has 0 bridgehead atoms. The fourth-order valence-electron chi connectivity index (χ4n) is 8.55. The Kier molecular flexibility index (Phi) is 59.3. The van der Waals surface area contributed by atoms with Crippen molar-refractivity contribution < 1.29 is 28.6 Å². The fourth-order valence-corrected chi connectivity index (χ4v) is 8.55. The third-order valence-corrected chi connectivity index (χ3v) is 13.2. The van der Waals surface area contributed by atoms with E-state index in [0.717, 1.165) is 96.3 Å². The lowest BCUT2D eigenvalue weighted by atomic mass is 10.0. The number of hydrogen-bond acceptors (Lipinski definition) is 6. The highest BCUT2D eigenvalue weighted by Gasteiger charge is 2.19. The SMILES string of the molecule is CC/C=C\C/C=C\C/C=C\C/C=C\CCC(=O)OCC(COC(=O)CCCCCCCCCCCCC/C=C\C/C=C\CCCCCCC)OC(=O)CCCCCCCC/C=C\C/C=C\C/C=C\CCCCCCC. The molecular weight excluding hydrogens is 925 g/mol. The van der Waals surface area contributed by atoms with Crippen molar-refractivity contribution in [1.82, 2.24) is 0 Å². The average Bonchev–Trinajstić information content (AvgIpc) is 3.41. The van der Waals surface area contributed by atoms with Crippen molar-refractivity contribution in [3.63, 3.8) is 0 Å². The molecule has 0 saturated carbocycles. The van der Waals surface area contributed by atoms with Crippen LogP contribution in [0.15, 0.2) is 109 Å². The summed E-state index contributed by atoms with van der Waals surface area (Å²) >= 11 is 0. The molecular formula is C69H116O6. The Balaban J connectivity index is 4.41. The van der Waals surface area contributed by atoms with Gasteiger partial charge in [-0.3, -0.25) is 14.4 Å². The van der Waals surface area contributed by atoms with Crippen LogP contribution in [-0.4, -0.2) is 37.2 Å². The van der Waals surface area contributed by atoms with Crippen molar-refractivity contribution >= 4 is 17.9 Å². The maximum absolute atomic E-state index is 12.9. The molecule has 0 radical (unpaired) electrons. The number of ether oxygens (including phenoxy) is 3. The van der Waals surface area contributed by atoms with Crippen molar-refractivity contribution in [2.75, 3.05) is 13.2 Å². The second-order valence-electron chi connectivity index (χ2n) is 20.6. The van der Waals surface area contributed by atoms with Crippen molar-refractivity contribution in [3.05, 3.63) is 109 Å². The Bertz CT molecular complexity index is 1520. The lowest BCUT2D eigenvalue weighted by Crippen LogP contribution is -2.30. The molecule has 0 heterocycles. The highest BCUT2D eigenvalue weighted by molar-refractivity contribution is 5.71. The molecule has 0 rings (SSSR count). The van der Waals surface area contributed by atoms with Gasteiger partial charge in [0.1, 0.15) is 13.2 Å². The summed E-state index contributed by atoms with van der Waals surface area (Å²) in [5, 5.41) is 0. The molecule has 0 aliphatic heterocycles. The summed E-state index contributed by atoms with van der Waals surface area (Å²) < 4.78 is 16.8. The van der Waals surface area contributed by atoms with Crippen LogP contribution in [0.25, 0.3) is 0 Å². The van der Waals surface area contributed by atoms with Gasteiger partial charge in [0.05, 0.1) is 0 Å². The van der Waals surface area contributed by atoms with E-state index in [1.165, 1.54) is 148 Å². The zero-order valence-corrected chi connectivity index (χ0v) is 49.0. The maximum atomic E-state index is 12.9. The summed E-state index contributed by atoms with van der Waals surface area (Å²) in [4.78, 5) is 38.2. The van der Waals surface area contributed by atoms with E-state index >= 15 is 0 Å². The lowest BCUT2D eigenvalue weighted by Gasteiger charge is -2.18. The third kappa shape index (κ3) is 60.8. The summed E-state index contributed by atoms with van der Waals surface area (Å²) in [6.45, 7) is 6.44. The molecule has 75 heavy (non-hydrogen) atoms. The van der Waals surface area contributed by atoms with Crippen molar-refractivity contribution in [2.45, 2.75) is 297 Å². The smallest absolute Gasteiger partial charge is 0.306 e. The van der Waals surface area contributed by atoms with Crippen LogP contribution in [0.1, 0.15) is 290 Å². The monoisotopic (exact) mass is 1040 g/mol. The number of unbranched alkanes of at least 4 members (excludes halogenated alkanes) is 27. The normalized spacial score (nSPS) is 12.8. The highest BCUT2D eigenvalue weighted by Crippen LogP contribution is 2.15. The van der Waals surface area contributed by atoms with Crippen LogP contribution >= 0.6 is 0 Å². The van der Waals surface area contributed by atoms with E-state index in [9.17, 15) is 14.4 Å². The Morgan fingerprint density at radius 2 is 0.547 bits per heavy atom. The second-order valence-corrected chi connectivity index (χ2v) is 20.6. The predicted molar refractivity (Wildman–Crippen MR) is 325 cm³/mol. The maximum Gasteiger partial charge on any atom is 0.306 e. The summed E-state index contributed by atoms with van der Waals surface area (Å²) in [6.07, 6.45) is 85.3. The van der Waals surface area contributed by atoms with Gasteiger partial charge in [-0.05, 0) is 116 Å². The van der Waals surface area contributed by atoms with E-state index in [0.29, 0.717) is 19.3 Å². The van der Waals surface area contributed by atoms with Crippen LogP contribution in [0.4, 0.5) is 0 Å². The molecule has 0 fully saturated rings. The van der Waals surface area contributed by atoms with Gasteiger partial charge in [-0.2, -0.15) is 0 Å². The summed E-state index contributed by atoms with van der Waals surface area (Å²) in [7, 11) is 0. The minimum Gasteiger partial charge on any atom is -0.462 e. The van der Waals surface area contributed by atoms with E-state index < -0.39 is 6.10 Å². The number of carbonyl (C=O) groups excluding carboxylic acids is 3. The van der Waals surface area contributed by atoms with Crippen LogP contribution in [-0.2, 0) is 28.6 Å². The molecule has 0 aliphatic rings. The van der Waals surface area contributed by atoms with Gasteiger partial charge in [0.25, 0.3) is 0 Å². The Morgan fingerprint density at radius 3 is 0.893 bits per heavy atom. The molecule has 0 aliphatic carbocycles. The number of rotatable bonds is 56. The molecule has 0 N–H and O–H groups in total. The van der Waals surface area contributed by atoms with Crippen LogP contribution in [0.2, 0.25) is 0 Å². The molecule has 0 aromatic rings. The van der Waals surface area contributed by atoms with Crippen LogP contribution in [0.5, 0.6) is 0 Å². The van der Waals surface area contributed by atoms with Gasteiger partial charge in [-0.15, -0.1) is 0 Å². The quantitative estimate of drug-likeness (QED) is 0.0261. The van der Waals surface area contributed by atoms with Gasteiger partial charge in [0.2, 0.25) is 0 Å². The molecule has 0 aromatic heterocycles. The Labute approximate surface area is 463 Å². The number of hydrogen-bond donors (Lipinski definition) is 0. The van der Waals surface area contributed by atoms with Gasteiger partial charge in [0, 0.05) is 19.3 Å². The topological polar surface area (TPSA) is 78.9 Å². The molecule has 1 unspecified atom stereocenters. The van der Waals surface area contributed by atoms with Crippen molar-refractivity contribution in [3.8, 4) is 0 Å². The zero-order chi connectivity index (χ0) is 54.3. The van der Waals surface area contributed by atoms with Gasteiger partial charge in [-0.1, -0.05) is 265 Å². The summed E-state index contributed by atoms with van der Waals surface area (Å²) in [6, 6.07) is 0. The Morgan fingerprint density at radius 1 is 0.280 bits per heavy atom. The van der Waals surface area contributed by atoms with E-state index in [2.05, 4.69) is 124 Å². The standard InChI is InChI=1S/C69H116O6/c1-4-7-10-13-16-19-22-25-27-29-31-33-34-36-37-39-41-44-47-50-53-56-59-62-68(71)74-65-66(64-73-67(70)61-58-55-52-49-46-43-24-21-18-15-12-9-6-3)75-69(72)63-60-57-54-51-48-45-42-40-38-35-32-30-28-26-23-20-17-14-11-8-5-2/h9,12,18,21-23,25-26,29-32,38,40,43,46,52,55,66H,4-8,10-11,13-17,19-20,24,27-28,33-37,39,41-42,44-45,47-51,53-54,56-65H2,1-3H3/b12-9-,21-18-,25-22-,26-23-,31-29-,32-30-,40-38-,46-43-,55-52-. The van der Waals surface area contributed by atoms with Gasteiger partial charge >= 0.3 is 17.9 Å². The van der Waals surface area contributed by atoms with Crippen LogP contribution < -0.4 is 0 Å². The zero-order valence-electron chi connectivity index (χ0n) is 49.0. The van der Waals surface area contributed by atoms with E-state index in [1.807, 2.05) is 6.08 Å². The second kappa shape index (κ2) is 62.6. The molecule has 0 aromatic carbocycles. The van der Waals surface area contributed by atoms with Gasteiger partial charge in [-0.25, -0.2) is 0 Å². The number of allylic oxidation sites excluding steroid dienone is 18. The van der Waals surface area contributed by atoms with Crippen LogP contribution in [0, 0.1) is 0 Å². The fraction of sp³-hybridized carbons (Fsp3) is 0.696. The number of carbonyl (C=O) groups is 3. The van der Waals surface area contributed by atoms with Crippen molar-refractivity contribution in [2.24, 2.45) is 0 Å². The molecule has 0 saturated heterocycles. The first-order valence-corrected chi connectivity index (χ1v) is 31.4. The van der Waals surface area contributed by atoms with Crippen molar-refractivity contribution in [1.29, 1.82) is 0 Å². The molecule has 1 atom stereocenters. The van der Waals surface area contributed by atoms with Crippen LogP contribution in [0.3, 0.4) is 0 Å². The first-order valence-electron chi connectivity index (χ1n) is 31.4. The Hall–Kier alpha value is -3.93. The molecule has 0 spiro atoms. The first kappa shape index (κ1) is 71.1. The average molecular weight is 1040 g/mol. The number of esters is 3. The highest BCUT2D eigenvalue weighted by atomic mass is 16.6. The van der Waals surface area contributed by atoms with E-state index in [4.69, 9.17) is 14.2 Å². The van der Waals surface area contributed by atoms with E-state index in [1.54, 1.807) is 0 Å². The van der Waals surface area contributed by atoms with Gasteiger partial charge in [0.15, 0.2) is 6.10 Å².